The third-order valence-electron chi connectivity index (χ3n) is 3.28. The first-order valence-corrected chi connectivity index (χ1v) is 7.30. The topological polar surface area (TPSA) is 69.6 Å². The standard InChI is InChI=1S/C15H14BrN5/c1-10-2-7-13(17)8-14(10)15-18-19-20-21(15)9-11-3-5-12(16)6-4-11/h2-8H,9,17H2,1H3. The first-order valence-electron chi connectivity index (χ1n) is 6.50. The average molecular weight is 344 g/mol. The van der Waals surface area contributed by atoms with E-state index in [9.17, 15) is 0 Å². The number of halogens is 1. The monoisotopic (exact) mass is 343 g/mol. The molecule has 1 heterocycles. The van der Waals surface area contributed by atoms with Gasteiger partial charge in [0.25, 0.3) is 0 Å². The van der Waals surface area contributed by atoms with E-state index in [4.69, 9.17) is 5.73 Å². The molecule has 0 fully saturated rings. The Morgan fingerprint density at radius 1 is 1.14 bits per heavy atom. The summed E-state index contributed by atoms with van der Waals surface area (Å²) in [5.41, 5.74) is 9.75. The number of rotatable bonds is 3. The van der Waals surface area contributed by atoms with Crippen LogP contribution in [0, 0.1) is 6.92 Å². The third kappa shape index (κ3) is 2.95. The molecule has 106 valence electrons. The van der Waals surface area contributed by atoms with Crippen LogP contribution < -0.4 is 5.73 Å². The van der Waals surface area contributed by atoms with Crippen molar-refractivity contribution in [1.82, 2.24) is 20.2 Å². The van der Waals surface area contributed by atoms with Crippen molar-refractivity contribution in [2.45, 2.75) is 13.5 Å². The van der Waals surface area contributed by atoms with Crippen molar-refractivity contribution in [1.29, 1.82) is 0 Å². The summed E-state index contributed by atoms with van der Waals surface area (Å²) in [6.45, 7) is 2.64. The number of nitrogen functional groups attached to an aromatic ring is 1. The maximum Gasteiger partial charge on any atom is 0.182 e. The molecule has 0 aliphatic rings. The minimum Gasteiger partial charge on any atom is -0.399 e. The Kier molecular flexibility index (Phi) is 3.70. The number of aryl methyl sites for hydroxylation is 1. The van der Waals surface area contributed by atoms with Gasteiger partial charge in [-0.2, -0.15) is 0 Å². The highest BCUT2D eigenvalue weighted by Gasteiger charge is 2.12. The normalized spacial score (nSPS) is 10.8. The summed E-state index contributed by atoms with van der Waals surface area (Å²) in [4.78, 5) is 0. The van der Waals surface area contributed by atoms with Crippen molar-refractivity contribution in [2.24, 2.45) is 0 Å². The van der Waals surface area contributed by atoms with E-state index in [1.807, 2.05) is 49.4 Å². The summed E-state index contributed by atoms with van der Waals surface area (Å²) in [5, 5.41) is 12.0. The third-order valence-corrected chi connectivity index (χ3v) is 3.81. The SMILES string of the molecule is Cc1ccc(N)cc1-c1nnnn1Cc1ccc(Br)cc1. The average Bonchev–Trinajstić information content (AvgIpc) is 2.92. The number of tetrazole rings is 1. The smallest absolute Gasteiger partial charge is 0.182 e. The quantitative estimate of drug-likeness (QED) is 0.742. The van der Waals surface area contributed by atoms with Crippen LogP contribution in [0.15, 0.2) is 46.9 Å². The van der Waals surface area contributed by atoms with Crippen molar-refractivity contribution >= 4 is 21.6 Å². The molecule has 0 bridgehead atoms. The maximum absolute atomic E-state index is 5.87. The first-order chi connectivity index (χ1) is 10.1. The summed E-state index contributed by atoms with van der Waals surface area (Å²) in [6, 6.07) is 13.9. The Labute approximate surface area is 130 Å². The van der Waals surface area contributed by atoms with Gasteiger partial charge in [-0.3, -0.25) is 0 Å². The van der Waals surface area contributed by atoms with Crippen molar-refractivity contribution in [3.8, 4) is 11.4 Å². The molecule has 0 aliphatic carbocycles. The van der Waals surface area contributed by atoms with Crippen LogP contribution in [0.4, 0.5) is 5.69 Å². The minimum absolute atomic E-state index is 0.615. The number of hydrogen-bond donors (Lipinski definition) is 1. The fraction of sp³-hybridized carbons (Fsp3) is 0.133. The fourth-order valence-corrected chi connectivity index (χ4v) is 2.41. The summed E-state index contributed by atoms with van der Waals surface area (Å²) in [6.07, 6.45) is 0. The molecular formula is C15H14BrN5. The van der Waals surface area contributed by atoms with E-state index in [1.54, 1.807) is 4.68 Å². The molecule has 6 heteroatoms. The Balaban J connectivity index is 1.97. The second-order valence-corrected chi connectivity index (χ2v) is 5.78. The van der Waals surface area contributed by atoms with Gasteiger partial charge in [0.15, 0.2) is 5.82 Å². The fourth-order valence-electron chi connectivity index (χ4n) is 2.15. The number of nitrogens with zero attached hydrogens (tertiary/aromatic N) is 4. The Hall–Kier alpha value is -2.21. The lowest BCUT2D eigenvalue weighted by atomic mass is 10.1. The molecule has 3 aromatic rings. The molecule has 0 spiro atoms. The zero-order valence-electron chi connectivity index (χ0n) is 11.5. The summed E-state index contributed by atoms with van der Waals surface area (Å²) in [5.74, 6) is 0.725. The molecule has 0 saturated carbocycles. The van der Waals surface area contributed by atoms with E-state index >= 15 is 0 Å². The van der Waals surface area contributed by atoms with Crippen molar-refractivity contribution in [2.75, 3.05) is 5.73 Å². The molecule has 2 aromatic carbocycles. The van der Waals surface area contributed by atoms with Gasteiger partial charge in [-0.25, -0.2) is 4.68 Å². The highest BCUT2D eigenvalue weighted by Crippen LogP contribution is 2.23. The summed E-state index contributed by atoms with van der Waals surface area (Å²) < 4.78 is 2.83. The molecule has 2 N–H and O–H groups in total. The zero-order valence-corrected chi connectivity index (χ0v) is 13.1. The van der Waals surface area contributed by atoms with Gasteiger partial charge in [0.2, 0.25) is 0 Å². The van der Waals surface area contributed by atoms with Gasteiger partial charge in [-0.15, -0.1) is 5.10 Å². The summed E-state index contributed by atoms with van der Waals surface area (Å²) >= 11 is 3.43. The van der Waals surface area contributed by atoms with Gasteiger partial charge in [0.05, 0.1) is 6.54 Å². The van der Waals surface area contributed by atoms with E-state index < -0.39 is 0 Å². The van der Waals surface area contributed by atoms with Gasteiger partial charge in [-0.1, -0.05) is 34.1 Å². The molecule has 0 aliphatic heterocycles. The first kappa shape index (κ1) is 13.8. The van der Waals surface area contributed by atoms with Gasteiger partial charge in [-0.05, 0) is 52.7 Å². The number of anilines is 1. The van der Waals surface area contributed by atoms with Gasteiger partial charge in [0, 0.05) is 15.7 Å². The summed E-state index contributed by atoms with van der Waals surface area (Å²) in [7, 11) is 0. The second kappa shape index (κ2) is 5.65. The maximum atomic E-state index is 5.87. The predicted molar refractivity (Wildman–Crippen MR) is 85.6 cm³/mol. The van der Waals surface area contributed by atoms with E-state index in [-0.39, 0.29) is 0 Å². The van der Waals surface area contributed by atoms with Crippen LogP contribution in [0.3, 0.4) is 0 Å². The minimum atomic E-state index is 0.615. The molecule has 3 rings (SSSR count). The number of nitrogens with two attached hydrogens (primary N) is 1. The van der Waals surface area contributed by atoms with Crippen molar-refractivity contribution < 1.29 is 0 Å². The zero-order chi connectivity index (χ0) is 14.8. The highest BCUT2D eigenvalue weighted by molar-refractivity contribution is 9.10. The molecule has 1 aromatic heterocycles. The van der Waals surface area contributed by atoms with Crippen LogP contribution in [0.25, 0.3) is 11.4 Å². The molecule has 0 unspecified atom stereocenters. The Morgan fingerprint density at radius 2 is 1.90 bits per heavy atom. The van der Waals surface area contributed by atoms with Crippen LogP contribution in [-0.4, -0.2) is 20.2 Å². The second-order valence-electron chi connectivity index (χ2n) is 4.86. The molecule has 0 amide bonds. The Morgan fingerprint density at radius 3 is 2.67 bits per heavy atom. The molecule has 0 radical (unpaired) electrons. The van der Waals surface area contributed by atoms with Crippen molar-refractivity contribution in [3.05, 3.63) is 58.1 Å². The predicted octanol–water partition coefficient (Wildman–Crippen LogP) is 3.04. The van der Waals surface area contributed by atoms with Crippen LogP contribution in [0.1, 0.15) is 11.1 Å². The van der Waals surface area contributed by atoms with Crippen LogP contribution in [0.2, 0.25) is 0 Å². The lowest BCUT2D eigenvalue weighted by molar-refractivity contribution is 0.653. The number of benzene rings is 2. The number of hydrogen-bond acceptors (Lipinski definition) is 4. The van der Waals surface area contributed by atoms with Gasteiger partial charge >= 0.3 is 0 Å². The van der Waals surface area contributed by atoms with E-state index in [2.05, 4.69) is 31.5 Å². The number of aromatic nitrogens is 4. The molecule has 21 heavy (non-hydrogen) atoms. The van der Waals surface area contributed by atoms with E-state index in [0.29, 0.717) is 12.2 Å². The molecule has 5 nitrogen and oxygen atoms in total. The van der Waals surface area contributed by atoms with Gasteiger partial charge in [0.1, 0.15) is 0 Å². The molecule has 0 saturated heterocycles. The van der Waals surface area contributed by atoms with Crippen LogP contribution in [-0.2, 0) is 6.54 Å². The lowest BCUT2D eigenvalue weighted by Crippen LogP contribution is -2.05. The lowest BCUT2D eigenvalue weighted by Gasteiger charge is -2.08. The molecular weight excluding hydrogens is 330 g/mol. The van der Waals surface area contributed by atoms with Crippen molar-refractivity contribution in [3.63, 3.8) is 0 Å². The molecule has 0 atom stereocenters. The highest BCUT2D eigenvalue weighted by atomic mass is 79.9. The van der Waals surface area contributed by atoms with E-state index in [0.717, 1.165) is 27.0 Å². The van der Waals surface area contributed by atoms with Gasteiger partial charge < -0.3 is 5.73 Å². The van der Waals surface area contributed by atoms with Crippen LogP contribution in [0.5, 0.6) is 0 Å². The van der Waals surface area contributed by atoms with E-state index in [1.165, 1.54) is 0 Å². The van der Waals surface area contributed by atoms with Crippen LogP contribution >= 0.6 is 15.9 Å². The largest absolute Gasteiger partial charge is 0.399 e. The Bertz CT molecular complexity index is 764.